The molecule has 0 N–H and O–H groups in total. The quantitative estimate of drug-likeness (QED) is 0.690. The maximum Gasteiger partial charge on any atom is 0.0588 e. The molecule has 2 nitrogen and oxygen atoms in total. The molecule has 1 aliphatic heterocycles. The summed E-state index contributed by atoms with van der Waals surface area (Å²) in [4.78, 5) is 4.84. The van der Waals surface area contributed by atoms with E-state index in [1.807, 2.05) is 0 Å². The Morgan fingerprint density at radius 1 is 1.00 bits per heavy atom. The number of benzene rings is 1. The molecule has 0 aliphatic carbocycles. The van der Waals surface area contributed by atoms with Gasteiger partial charge in [-0.15, -0.1) is 0 Å². The van der Waals surface area contributed by atoms with E-state index >= 15 is 0 Å². The summed E-state index contributed by atoms with van der Waals surface area (Å²) in [5, 5.41) is 0. The Balaban J connectivity index is 2.13. The first-order valence-electron chi connectivity index (χ1n) is 5.64. The van der Waals surface area contributed by atoms with E-state index in [1.165, 1.54) is 5.56 Å². The minimum Gasteiger partial charge on any atom is -0.291 e. The zero-order valence-electron chi connectivity index (χ0n) is 9.85. The molecule has 1 fully saturated rings. The molecule has 0 radical (unpaired) electrons. The van der Waals surface area contributed by atoms with Gasteiger partial charge in [-0.2, -0.15) is 0 Å². The highest BCUT2D eigenvalue weighted by Crippen LogP contribution is 2.23. The molecule has 0 unspecified atom stereocenters. The molecule has 2 heteroatoms. The second-order valence-electron chi connectivity index (χ2n) is 4.62. The van der Waals surface area contributed by atoms with E-state index in [-0.39, 0.29) is 0 Å². The first-order chi connectivity index (χ1) is 7.18. The van der Waals surface area contributed by atoms with Crippen LogP contribution in [0.1, 0.15) is 18.4 Å². The van der Waals surface area contributed by atoms with E-state index in [4.69, 9.17) is 0 Å². The lowest BCUT2D eigenvalue weighted by Gasteiger charge is -2.42. The minimum absolute atomic E-state index is 0.560. The molecule has 1 saturated heterocycles. The van der Waals surface area contributed by atoms with Crippen LogP contribution in [0.2, 0.25) is 0 Å². The van der Waals surface area contributed by atoms with E-state index < -0.39 is 0 Å². The van der Waals surface area contributed by atoms with Crippen molar-refractivity contribution in [2.45, 2.75) is 19.0 Å². The number of nitrogens with zero attached hydrogens (tertiary/aromatic N) is 2. The minimum atomic E-state index is 0.560. The zero-order chi connectivity index (χ0) is 10.8. The fourth-order valence-corrected chi connectivity index (χ4v) is 2.33. The smallest absolute Gasteiger partial charge is 0.0588 e. The van der Waals surface area contributed by atoms with Crippen LogP contribution in [0.3, 0.4) is 0 Å². The van der Waals surface area contributed by atoms with Crippen molar-refractivity contribution in [2.24, 2.45) is 0 Å². The van der Waals surface area contributed by atoms with Gasteiger partial charge in [-0.3, -0.25) is 9.80 Å². The highest BCUT2D eigenvalue weighted by molar-refractivity contribution is 5.21. The molecule has 1 aromatic carbocycles. The van der Waals surface area contributed by atoms with Crippen molar-refractivity contribution in [2.75, 3.05) is 27.2 Å². The lowest BCUT2D eigenvalue weighted by molar-refractivity contribution is 0.0424. The number of likely N-dealkylation sites (N-methyl/N-ethyl adjacent to an activating group) is 2. The Morgan fingerprint density at radius 3 is 2.07 bits per heavy atom. The van der Waals surface area contributed by atoms with E-state index in [2.05, 4.69) is 61.2 Å². The van der Waals surface area contributed by atoms with Gasteiger partial charge >= 0.3 is 0 Å². The van der Waals surface area contributed by atoms with Crippen molar-refractivity contribution < 1.29 is 0 Å². The van der Waals surface area contributed by atoms with Gasteiger partial charge in [0.25, 0.3) is 0 Å². The fraction of sp³-hybridized carbons (Fsp3) is 0.538. The summed E-state index contributed by atoms with van der Waals surface area (Å²) in [5.74, 6) is 0.650. The Kier molecular flexibility index (Phi) is 3.08. The Bertz CT molecular complexity index is 298. The second kappa shape index (κ2) is 4.33. The van der Waals surface area contributed by atoms with E-state index in [1.54, 1.807) is 0 Å². The highest BCUT2D eigenvalue weighted by Gasteiger charge is 2.27. The van der Waals surface area contributed by atoms with Gasteiger partial charge in [-0.1, -0.05) is 30.3 Å². The Hall–Kier alpha value is -0.860. The topological polar surface area (TPSA) is 6.48 Å². The maximum absolute atomic E-state index is 2.42. The van der Waals surface area contributed by atoms with Crippen molar-refractivity contribution in [3.05, 3.63) is 35.9 Å². The third-order valence-corrected chi connectivity index (χ3v) is 3.56. The molecule has 1 heterocycles. The van der Waals surface area contributed by atoms with Gasteiger partial charge in [0.2, 0.25) is 0 Å². The third-order valence-electron chi connectivity index (χ3n) is 3.56. The molecule has 0 spiro atoms. The first kappa shape index (κ1) is 10.7. The summed E-state index contributed by atoms with van der Waals surface area (Å²) in [7, 11) is 4.41. The van der Waals surface area contributed by atoms with Crippen LogP contribution in [0.4, 0.5) is 0 Å². The van der Waals surface area contributed by atoms with Gasteiger partial charge in [0, 0.05) is 19.0 Å². The molecule has 1 aromatic rings. The summed E-state index contributed by atoms with van der Waals surface area (Å²) in [6.45, 7) is 4.59. The predicted octanol–water partition coefficient (Wildman–Crippen LogP) is 1.99. The lowest BCUT2D eigenvalue weighted by Crippen LogP contribution is -2.51. The van der Waals surface area contributed by atoms with Crippen LogP contribution in [0.25, 0.3) is 0 Å². The van der Waals surface area contributed by atoms with Crippen LogP contribution in [0.15, 0.2) is 30.3 Å². The summed E-state index contributed by atoms with van der Waals surface area (Å²) < 4.78 is 0. The number of hydrogen-bond acceptors (Lipinski definition) is 2. The molecule has 0 aromatic heterocycles. The zero-order valence-corrected chi connectivity index (χ0v) is 9.85. The average molecular weight is 204 g/mol. The lowest BCUT2D eigenvalue weighted by atomic mass is 9.96. The largest absolute Gasteiger partial charge is 0.291 e. The maximum atomic E-state index is 2.42. The SMILES string of the molecule is CC1N(C)CC(c2ccccc2)CN1C. The molecule has 0 amide bonds. The highest BCUT2D eigenvalue weighted by atomic mass is 15.3. The van der Waals surface area contributed by atoms with Crippen LogP contribution in [0.5, 0.6) is 0 Å². The molecule has 82 valence electrons. The van der Waals surface area contributed by atoms with Crippen molar-refractivity contribution in [3.63, 3.8) is 0 Å². The van der Waals surface area contributed by atoms with Crippen LogP contribution in [0, 0.1) is 0 Å². The molecule has 2 rings (SSSR count). The van der Waals surface area contributed by atoms with Crippen LogP contribution >= 0.6 is 0 Å². The summed E-state index contributed by atoms with van der Waals surface area (Å²) in [6.07, 6.45) is 0.560. The molecular formula is C13H20N2. The van der Waals surface area contributed by atoms with E-state index in [9.17, 15) is 0 Å². The van der Waals surface area contributed by atoms with Gasteiger partial charge in [0.15, 0.2) is 0 Å². The van der Waals surface area contributed by atoms with Crippen molar-refractivity contribution in [3.8, 4) is 0 Å². The molecule has 15 heavy (non-hydrogen) atoms. The van der Waals surface area contributed by atoms with Gasteiger partial charge < -0.3 is 0 Å². The van der Waals surface area contributed by atoms with Gasteiger partial charge in [0.05, 0.1) is 6.17 Å². The standard InChI is InChI=1S/C13H20N2/c1-11-14(2)9-13(10-15(11)3)12-7-5-4-6-8-12/h4-8,11,13H,9-10H2,1-3H3. The molecule has 1 aliphatic rings. The van der Waals surface area contributed by atoms with Gasteiger partial charge in [-0.25, -0.2) is 0 Å². The normalized spacial score (nSPS) is 29.3. The van der Waals surface area contributed by atoms with E-state index in [0.717, 1.165) is 13.1 Å². The van der Waals surface area contributed by atoms with Crippen molar-refractivity contribution in [1.29, 1.82) is 0 Å². The predicted molar refractivity (Wildman–Crippen MR) is 63.9 cm³/mol. The van der Waals surface area contributed by atoms with Crippen LogP contribution in [-0.4, -0.2) is 43.2 Å². The second-order valence-corrected chi connectivity index (χ2v) is 4.62. The molecular weight excluding hydrogens is 184 g/mol. The van der Waals surface area contributed by atoms with Gasteiger partial charge in [0.1, 0.15) is 0 Å². The molecule has 0 atom stereocenters. The summed E-state index contributed by atoms with van der Waals surface area (Å²) >= 11 is 0. The summed E-state index contributed by atoms with van der Waals surface area (Å²) in [5.41, 5.74) is 1.46. The summed E-state index contributed by atoms with van der Waals surface area (Å²) in [6, 6.07) is 10.8. The van der Waals surface area contributed by atoms with E-state index in [0.29, 0.717) is 12.1 Å². The Morgan fingerprint density at radius 2 is 1.53 bits per heavy atom. The average Bonchev–Trinajstić information content (AvgIpc) is 2.26. The van der Waals surface area contributed by atoms with Crippen molar-refractivity contribution in [1.82, 2.24) is 9.80 Å². The molecule has 0 bridgehead atoms. The Labute approximate surface area is 92.5 Å². The van der Waals surface area contributed by atoms with Gasteiger partial charge in [-0.05, 0) is 26.6 Å². The third kappa shape index (κ3) is 2.21. The van der Waals surface area contributed by atoms with Crippen molar-refractivity contribution >= 4 is 0 Å². The van der Waals surface area contributed by atoms with Crippen LogP contribution < -0.4 is 0 Å². The van der Waals surface area contributed by atoms with Crippen LogP contribution in [-0.2, 0) is 0 Å². The monoisotopic (exact) mass is 204 g/mol. The molecule has 0 saturated carbocycles. The fourth-order valence-electron chi connectivity index (χ4n) is 2.33. The number of hydrogen-bond donors (Lipinski definition) is 0. The first-order valence-corrected chi connectivity index (χ1v) is 5.64. The number of rotatable bonds is 1.